The molecule has 0 saturated carbocycles. The van der Waals surface area contributed by atoms with Gasteiger partial charge in [-0.05, 0) is 76.5 Å². The number of ether oxygens (including phenoxy) is 2. The summed E-state index contributed by atoms with van der Waals surface area (Å²) < 4.78 is 10.9. The highest BCUT2D eigenvalue weighted by Crippen LogP contribution is 2.27. The summed E-state index contributed by atoms with van der Waals surface area (Å²) in [5.41, 5.74) is 6.29. The normalized spacial score (nSPS) is 18.3. The number of piperidine rings is 1. The lowest BCUT2D eigenvalue weighted by Crippen LogP contribution is -2.54. The van der Waals surface area contributed by atoms with Crippen molar-refractivity contribution in [1.29, 1.82) is 0 Å². The number of aliphatic hydroxyl groups is 1. The summed E-state index contributed by atoms with van der Waals surface area (Å²) in [6.45, 7) is 10.7. The molecule has 1 aromatic rings. The van der Waals surface area contributed by atoms with E-state index in [-0.39, 0.29) is 36.2 Å². The van der Waals surface area contributed by atoms with E-state index in [0.717, 1.165) is 38.6 Å². The predicted octanol–water partition coefficient (Wildman–Crippen LogP) is 2.86. The Morgan fingerprint density at radius 2 is 1.85 bits per heavy atom. The molecular weight excluding hydrogens is 496 g/mol. The summed E-state index contributed by atoms with van der Waals surface area (Å²) in [6.07, 6.45) is 4.58. The second-order valence-corrected chi connectivity index (χ2v) is 11.7. The van der Waals surface area contributed by atoms with Gasteiger partial charge < -0.3 is 36.3 Å². The minimum atomic E-state index is -0.881. The molecule has 1 aromatic carbocycles. The molecule has 2 rings (SSSR count). The summed E-state index contributed by atoms with van der Waals surface area (Å²) in [5.74, 6) is 0.567. The largest absolute Gasteiger partial charge is 0.493 e. The van der Waals surface area contributed by atoms with Crippen LogP contribution < -0.4 is 26.4 Å². The van der Waals surface area contributed by atoms with Gasteiger partial charge in [-0.2, -0.15) is 0 Å². The number of benzene rings is 1. The fraction of sp³-hybridized carbons (Fsp3) is 0.733. The number of rotatable bonds is 17. The molecule has 0 bridgehead atoms. The molecule has 1 fully saturated rings. The second kappa shape index (κ2) is 16.8. The average molecular weight is 549 g/mol. The van der Waals surface area contributed by atoms with Crippen LogP contribution in [0.2, 0.25) is 0 Å². The Morgan fingerprint density at radius 3 is 2.51 bits per heavy atom. The number of methoxy groups -OCH3 is 1. The molecule has 4 atom stereocenters. The Bertz CT molecular complexity index is 873. The lowest BCUT2D eigenvalue weighted by Gasteiger charge is -2.37. The standard InChI is InChI=1S/C30H52N4O5/c1-21(2)22(19-33-28(36)23-12-6-7-13-26(23)39-17-11-10-16-38-5)18-24(31)25(35)20-34-29(37)30(3,4)27-14-8-9-15-32-27/h6-7,12-13,21-22,24-25,27,32,35H,8-11,14-20,31H2,1-5H3,(H,33,36)(H,34,37)/t22-,24-,25-,27?/m0/s1. The number of carbonyl (C=O) groups excluding carboxylic acids is 2. The van der Waals surface area contributed by atoms with Crippen LogP contribution in [-0.2, 0) is 9.53 Å². The maximum Gasteiger partial charge on any atom is 0.255 e. The number of para-hydroxylation sites is 1. The molecule has 1 aliphatic heterocycles. The number of carbonyl (C=O) groups is 2. The van der Waals surface area contributed by atoms with E-state index in [4.69, 9.17) is 15.2 Å². The van der Waals surface area contributed by atoms with Crippen molar-refractivity contribution in [3.8, 4) is 5.75 Å². The Labute approximate surface area is 235 Å². The van der Waals surface area contributed by atoms with Crippen LogP contribution in [-0.4, -0.2) is 75.1 Å². The third-order valence-corrected chi connectivity index (χ3v) is 7.91. The van der Waals surface area contributed by atoms with Crippen molar-refractivity contribution in [2.24, 2.45) is 23.0 Å². The zero-order valence-electron chi connectivity index (χ0n) is 24.6. The number of nitrogens with two attached hydrogens (primary N) is 1. The zero-order valence-corrected chi connectivity index (χ0v) is 24.6. The number of hydrogen-bond donors (Lipinski definition) is 5. The van der Waals surface area contributed by atoms with E-state index in [0.29, 0.717) is 37.5 Å². The van der Waals surface area contributed by atoms with Crippen molar-refractivity contribution in [3.05, 3.63) is 29.8 Å². The molecule has 2 amide bonds. The molecule has 0 aromatic heterocycles. The highest BCUT2D eigenvalue weighted by Gasteiger charge is 2.37. The Balaban J connectivity index is 1.85. The molecule has 9 heteroatoms. The Morgan fingerprint density at radius 1 is 1.13 bits per heavy atom. The van der Waals surface area contributed by atoms with Crippen LogP contribution in [0.1, 0.15) is 76.6 Å². The molecule has 222 valence electrons. The SMILES string of the molecule is COCCCCOc1ccccc1C(=O)NC[C@H](C[C@H](N)[C@@H](O)CNC(=O)C(C)(C)C1CCCCN1)C(C)C. The highest BCUT2D eigenvalue weighted by molar-refractivity contribution is 5.96. The number of unbranched alkanes of at least 4 members (excludes halogenated alkanes) is 1. The first-order valence-corrected chi connectivity index (χ1v) is 14.5. The van der Waals surface area contributed by atoms with Crippen LogP contribution >= 0.6 is 0 Å². The van der Waals surface area contributed by atoms with Crippen molar-refractivity contribution < 1.29 is 24.2 Å². The van der Waals surface area contributed by atoms with Gasteiger partial charge in [0.25, 0.3) is 5.91 Å². The van der Waals surface area contributed by atoms with E-state index >= 15 is 0 Å². The van der Waals surface area contributed by atoms with Gasteiger partial charge >= 0.3 is 0 Å². The second-order valence-electron chi connectivity index (χ2n) is 11.7. The maximum atomic E-state index is 13.0. The van der Waals surface area contributed by atoms with Gasteiger partial charge in [-0.25, -0.2) is 0 Å². The van der Waals surface area contributed by atoms with E-state index < -0.39 is 17.6 Å². The topological polar surface area (TPSA) is 135 Å². The lowest BCUT2D eigenvalue weighted by atomic mass is 9.79. The van der Waals surface area contributed by atoms with Crippen LogP contribution in [0.5, 0.6) is 5.75 Å². The molecule has 1 unspecified atom stereocenters. The first kappa shape index (κ1) is 33.0. The van der Waals surface area contributed by atoms with Gasteiger partial charge in [0.1, 0.15) is 5.75 Å². The van der Waals surface area contributed by atoms with E-state index in [1.807, 2.05) is 26.0 Å². The number of hydrogen-bond acceptors (Lipinski definition) is 7. The van der Waals surface area contributed by atoms with E-state index in [2.05, 4.69) is 29.8 Å². The summed E-state index contributed by atoms with van der Waals surface area (Å²) in [5, 5.41) is 20.1. The van der Waals surface area contributed by atoms with Crippen molar-refractivity contribution in [1.82, 2.24) is 16.0 Å². The average Bonchev–Trinajstić information content (AvgIpc) is 2.93. The fourth-order valence-corrected chi connectivity index (χ4v) is 4.93. The van der Waals surface area contributed by atoms with E-state index in [9.17, 15) is 14.7 Å². The monoisotopic (exact) mass is 548 g/mol. The van der Waals surface area contributed by atoms with Gasteiger partial charge in [0, 0.05) is 38.9 Å². The van der Waals surface area contributed by atoms with Crippen molar-refractivity contribution in [2.75, 3.05) is 40.0 Å². The molecular formula is C30H52N4O5. The van der Waals surface area contributed by atoms with E-state index in [1.165, 1.54) is 0 Å². The van der Waals surface area contributed by atoms with Crippen LogP contribution in [0.3, 0.4) is 0 Å². The van der Waals surface area contributed by atoms with Gasteiger partial charge in [-0.3, -0.25) is 9.59 Å². The molecule has 39 heavy (non-hydrogen) atoms. The first-order valence-electron chi connectivity index (χ1n) is 14.5. The molecule has 0 aliphatic carbocycles. The fourth-order valence-electron chi connectivity index (χ4n) is 4.93. The summed E-state index contributed by atoms with van der Waals surface area (Å²) in [6, 6.07) is 6.82. The number of aliphatic hydroxyl groups excluding tert-OH is 1. The third-order valence-electron chi connectivity index (χ3n) is 7.91. The highest BCUT2D eigenvalue weighted by atomic mass is 16.5. The van der Waals surface area contributed by atoms with Crippen molar-refractivity contribution in [3.63, 3.8) is 0 Å². The minimum Gasteiger partial charge on any atom is -0.493 e. The smallest absolute Gasteiger partial charge is 0.255 e. The Hall–Kier alpha value is -2.20. The molecule has 9 nitrogen and oxygen atoms in total. The van der Waals surface area contributed by atoms with Crippen molar-refractivity contribution in [2.45, 2.75) is 84.4 Å². The lowest BCUT2D eigenvalue weighted by molar-refractivity contribution is -0.131. The van der Waals surface area contributed by atoms with Crippen LogP contribution in [0.25, 0.3) is 0 Å². The molecule has 1 saturated heterocycles. The predicted molar refractivity (Wildman–Crippen MR) is 155 cm³/mol. The Kier molecular flexibility index (Phi) is 14.2. The zero-order chi connectivity index (χ0) is 28.8. The summed E-state index contributed by atoms with van der Waals surface area (Å²) >= 11 is 0. The first-order chi connectivity index (χ1) is 18.6. The van der Waals surface area contributed by atoms with Crippen molar-refractivity contribution >= 4 is 11.8 Å². The third kappa shape index (κ3) is 10.7. The summed E-state index contributed by atoms with van der Waals surface area (Å²) in [7, 11) is 1.67. The summed E-state index contributed by atoms with van der Waals surface area (Å²) in [4.78, 5) is 25.9. The quantitative estimate of drug-likeness (QED) is 0.189. The number of nitrogens with one attached hydrogen (secondary N) is 3. The van der Waals surface area contributed by atoms with Crippen LogP contribution in [0, 0.1) is 17.3 Å². The van der Waals surface area contributed by atoms with Gasteiger partial charge in [0.15, 0.2) is 0 Å². The molecule has 0 spiro atoms. The molecule has 1 heterocycles. The molecule has 6 N–H and O–H groups in total. The van der Waals surface area contributed by atoms with E-state index in [1.54, 1.807) is 19.2 Å². The molecule has 1 aliphatic rings. The minimum absolute atomic E-state index is 0.0549. The van der Waals surface area contributed by atoms with Gasteiger partial charge in [-0.15, -0.1) is 0 Å². The van der Waals surface area contributed by atoms with Crippen LogP contribution in [0.15, 0.2) is 24.3 Å². The molecule has 0 radical (unpaired) electrons. The van der Waals surface area contributed by atoms with Crippen LogP contribution in [0.4, 0.5) is 0 Å². The van der Waals surface area contributed by atoms with Gasteiger partial charge in [0.2, 0.25) is 5.91 Å². The number of amides is 2. The van der Waals surface area contributed by atoms with Gasteiger partial charge in [-0.1, -0.05) is 32.4 Å². The van der Waals surface area contributed by atoms with Gasteiger partial charge in [0.05, 0.1) is 23.7 Å². The maximum absolute atomic E-state index is 13.0.